The third-order valence-electron chi connectivity index (χ3n) is 6.07. The van der Waals surface area contributed by atoms with Gasteiger partial charge in [0.2, 0.25) is 0 Å². The minimum Gasteiger partial charge on any atom is -0.325 e. The predicted molar refractivity (Wildman–Crippen MR) is 73.9 cm³/mol. The number of hydrogen-bond acceptors (Lipinski definition) is 2. The number of rotatable bonds is 5. The number of nitrogens with one attached hydrogen (secondary N) is 1. The van der Waals surface area contributed by atoms with E-state index in [4.69, 9.17) is 5.73 Å². The Labute approximate surface area is 107 Å². The maximum absolute atomic E-state index is 6.36. The van der Waals surface area contributed by atoms with E-state index in [2.05, 4.69) is 33.0 Å². The van der Waals surface area contributed by atoms with Crippen LogP contribution in [0, 0.1) is 16.7 Å². The minimum absolute atomic E-state index is 0.154. The van der Waals surface area contributed by atoms with Crippen molar-refractivity contribution >= 4 is 0 Å². The van der Waals surface area contributed by atoms with E-state index in [-0.39, 0.29) is 5.54 Å². The summed E-state index contributed by atoms with van der Waals surface area (Å²) in [5.41, 5.74) is 7.53. The van der Waals surface area contributed by atoms with Crippen LogP contribution in [-0.4, -0.2) is 18.6 Å². The molecule has 0 radical (unpaired) electrons. The Morgan fingerprint density at radius 1 is 1.06 bits per heavy atom. The Hall–Kier alpha value is -0.0800. The van der Waals surface area contributed by atoms with Gasteiger partial charge >= 0.3 is 0 Å². The van der Waals surface area contributed by atoms with Crippen molar-refractivity contribution in [2.24, 2.45) is 22.5 Å². The zero-order valence-electron chi connectivity index (χ0n) is 12.1. The summed E-state index contributed by atoms with van der Waals surface area (Å²) in [4.78, 5) is 0. The molecule has 2 aliphatic carbocycles. The van der Waals surface area contributed by atoms with Crippen LogP contribution in [0.25, 0.3) is 0 Å². The topological polar surface area (TPSA) is 38.0 Å². The predicted octanol–water partition coefficient (Wildman–Crippen LogP) is 2.92. The van der Waals surface area contributed by atoms with Crippen molar-refractivity contribution in [1.82, 2.24) is 5.32 Å². The van der Waals surface area contributed by atoms with E-state index < -0.39 is 0 Å². The first kappa shape index (κ1) is 13.4. The fourth-order valence-electron chi connectivity index (χ4n) is 3.76. The van der Waals surface area contributed by atoms with Gasteiger partial charge in [0.1, 0.15) is 0 Å². The van der Waals surface area contributed by atoms with E-state index in [1.165, 1.54) is 25.7 Å². The van der Waals surface area contributed by atoms with Crippen molar-refractivity contribution in [1.29, 1.82) is 0 Å². The molecule has 2 fully saturated rings. The fourth-order valence-corrected chi connectivity index (χ4v) is 3.76. The molecule has 100 valence electrons. The van der Waals surface area contributed by atoms with E-state index >= 15 is 0 Å². The second-order valence-corrected chi connectivity index (χ2v) is 7.52. The second kappa shape index (κ2) is 4.24. The molecule has 0 spiro atoms. The van der Waals surface area contributed by atoms with Crippen molar-refractivity contribution in [3.05, 3.63) is 0 Å². The van der Waals surface area contributed by atoms with Crippen LogP contribution in [0.2, 0.25) is 0 Å². The summed E-state index contributed by atoms with van der Waals surface area (Å²) in [7, 11) is 0. The van der Waals surface area contributed by atoms with Gasteiger partial charge in [0, 0.05) is 5.54 Å². The van der Waals surface area contributed by atoms with Crippen molar-refractivity contribution in [2.75, 3.05) is 13.1 Å². The molecule has 2 saturated carbocycles. The Balaban J connectivity index is 1.65. The Morgan fingerprint density at radius 2 is 1.59 bits per heavy atom. The summed E-state index contributed by atoms with van der Waals surface area (Å²) in [6.07, 6.45) is 6.28. The summed E-state index contributed by atoms with van der Waals surface area (Å²) < 4.78 is 0. The van der Waals surface area contributed by atoms with Crippen LogP contribution >= 0.6 is 0 Å². The molecule has 0 bridgehead atoms. The van der Waals surface area contributed by atoms with Gasteiger partial charge in [-0.3, -0.25) is 0 Å². The highest BCUT2D eigenvalue weighted by molar-refractivity contribution is 5.12. The average molecular weight is 238 g/mol. The van der Waals surface area contributed by atoms with Crippen LogP contribution < -0.4 is 11.1 Å². The Morgan fingerprint density at radius 3 is 2.06 bits per heavy atom. The summed E-state index contributed by atoms with van der Waals surface area (Å²) in [6, 6.07) is 0. The van der Waals surface area contributed by atoms with Crippen molar-refractivity contribution in [3.8, 4) is 0 Å². The summed E-state index contributed by atoms with van der Waals surface area (Å²) in [5.74, 6) is 0.826. The van der Waals surface area contributed by atoms with Crippen LogP contribution in [0.4, 0.5) is 0 Å². The number of nitrogens with two attached hydrogens (primary N) is 1. The van der Waals surface area contributed by atoms with Gasteiger partial charge in [-0.05, 0) is 49.1 Å². The zero-order chi connectivity index (χ0) is 12.7. The molecule has 2 aliphatic rings. The quantitative estimate of drug-likeness (QED) is 0.723. The summed E-state index contributed by atoms with van der Waals surface area (Å²) >= 11 is 0. The van der Waals surface area contributed by atoms with Crippen LogP contribution in [0.3, 0.4) is 0 Å². The van der Waals surface area contributed by atoms with Gasteiger partial charge in [0.05, 0.1) is 0 Å². The van der Waals surface area contributed by atoms with E-state index in [9.17, 15) is 0 Å². The molecule has 2 heteroatoms. The fraction of sp³-hybridized carbons (Fsp3) is 1.00. The second-order valence-electron chi connectivity index (χ2n) is 7.52. The van der Waals surface area contributed by atoms with E-state index in [0.717, 1.165) is 25.4 Å². The third-order valence-corrected chi connectivity index (χ3v) is 6.07. The van der Waals surface area contributed by atoms with E-state index in [0.29, 0.717) is 10.8 Å². The van der Waals surface area contributed by atoms with Gasteiger partial charge in [-0.15, -0.1) is 0 Å². The maximum atomic E-state index is 6.36. The highest BCUT2D eigenvalue weighted by Crippen LogP contribution is 2.67. The standard InChI is InChI=1S/C15H30N2/c1-13(2)12(14(13,3)4)11-17-10-9-15(16)7-5-6-8-15/h12,17H,5-11,16H2,1-4H3. The van der Waals surface area contributed by atoms with Gasteiger partial charge in [-0.2, -0.15) is 0 Å². The van der Waals surface area contributed by atoms with Crippen LogP contribution in [0.1, 0.15) is 59.8 Å². The number of hydrogen-bond donors (Lipinski definition) is 2. The largest absolute Gasteiger partial charge is 0.325 e. The summed E-state index contributed by atoms with van der Waals surface area (Å²) in [6.45, 7) is 11.8. The Bertz CT molecular complexity index is 261. The van der Waals surface area contributed by atoms with E-state index in [1.54, 1.807) is 0 Å². The lowest BCUT2D eigenvalue weighted by Gasteiger charge is -2.23. The van der Waals surface area contributed by atoms with Crippen LogP contribution in [-0.2, 0) is 0 Å². The molecule has 0 saturated heterocycles. The molecule has 17 heavy (non-hydrogen) atoms. The highest BCUT2D eigenvalue weighted by atomic mass is 14.9. The lowest BCUT2D eigenvalue weighted by molar-refractivity contribution is 0.387. The molecule has 2 nitrogen and oxygen atoms in total. The first-order valence-electron chi connectivity index (χ1n) is 7.29. The van der Waals surface area contributed by atoms with Gasteiger partial charge in [0.15, 0.2) is 0 Å². The molecule has 0 aromatic rings. The molecule has 0 atom stereocenters. The lowest BCUT2D eigenvalue weighted by Crippen LogP contribution is -2.39. The molecule has 0 heterocycles. The molecule has 0 aliphatic heterocycles. The van der Waals surface area contributed by atoms with Crippen molar-refractivity contribution in [3.63, 3.8) is 0 Å². The zero-order valence-corrected chi connectivity index (χ0v) is 12.1. The van der Waals surface area contributed by atoms with Crippen molar-refractivity contribution < 1.29 is 0 Å². The van der Waals surface area contributed by atoms with E-state index in [1.807, 2.05) is 0 Å². The first-order valence-corrected chi connectivity index (χ1v) is 7.29. The molecule has 2 rings (SSSR count). The molecule has 0 unspecified atom stereocenters. The average Bonchev–Trinajstić information content (AvgIpc) is 2.56. The van der Waals surface area contributed by atoms with Gasteiger partial charge < -0.3 is 11.1 Å². The maximum Gasteiger partial charge on any atom is 0.0166 e. The lowest BCUT2D eigenvalue weighted by atomic mass is 9.95. The molecule has 0 aromatic carbocycles. The monoisotopic (exact) mass is 238 g/mol. The third kappa shape index (κ3) is 2.39. The smallest absolute Gasteiger partial charge is 0.0166 e. The normalized spacial score (nSPS) is 29.5. The van der Waals surface area contributed by atoms with Gasteiger partial charge in [-0.25, -0.2) is 0 Å². The molecular weight excluding hydrogens is 208 g/mol. The highest BCUT2D eigenvalue weighted by Gasteiger charge is 2.63. The van der Waals surface area contributed by atoms with Gasteiger partial charge in [0.25, 0.3) is 0 Å². The first-order chi connectivity index (χ1) is 7.80. The molecular formula is C15H30N2. The molecule has 0 amide bonds. The Kier molecular flexibility index (Phi) is 3.33. The van der Waals surface area contributed by atoms with Gasteiger partial charge in [-0.1, -0.05) is 40.5 Å². The van der Waals surface area contributed by atoms with Crippen molar-refractivity contribution in [2.45, 2.75) is 65.3 Å². The van der Waals surface area contributed by atoms with Crippen LogP contribution in [0.15, 0.2) is 0 Å². The molecule has 0 aromatic heterocycles. The SMILES string of the molecule is CC1(C)C(CNCCC2(N)CCCC2)C1(C)C. The van der Waals surface area contributed by atoms with Crippen LogP contribution in [0.5, 0.6) is 0 Å². The molecule has 3 N–H and O–H groups in total. The minimum atomic E-state index is 0.154. The summed E-state index contributed by atoms with van der Waals surface area (Å²) in [5, 5.41) is 3.63.